The summed E-state index contributed by atoms with van der Waals surface area (Å²) in [6.07, 6.45) is 0. The van der Waals surface area contributed by atoms with Gasteiger partial charge in [-0.25, -0.2) is 0 Å². The molecule has 8 aromatic rings. The van der Waals surface area contributed by atoms with Crippen molar-refractivity contribution in [1.82, 2.24) is 0 Å². The van der Waals surface area contributed by atoms with Crippen LogP contribution in [0.3, 0.4) is 0 Å². The molecule has 40 heavy (non-hydrogen) atoms. The first-order chi connectivity index (χ1) is 19.8. The summed E-state index contributed by atoms with van der Waals surface area (Å²) < 4.78 is 5.20. The van der Waals surface area contributed by atoms with E-state index in [1.165, 1.54) is 62.6 Å². The molecule has 0 spiro atoms. The molecule has 0 aliphatic heterocycles. The average molecular weight is 544 g/mol. The zero-order valence-electron chi connectivity index (χ0n) is 21.4. The van der Waals surface area contributed by atoms with Crippen molar-refractivity contribution in [3.05, 3.63) is 133 Å². The Kier molecular flexibility index (Phi) is 5.31. The van der Waals surface area contributed by atoms with Crippen LogP contribution in [0, 0.1) is 11.3 Å². The molecule has 2 aromatic heterocycles. The Bertz CT molecular complexity index is 2290. The first-order valence-corrected chi connectivity index (χ1v) is 14.9. The minimum atomic E-state index is 0.667. The fourth-order valence-corrected chi connectivity index (χ4v) is 8.19. The van der Waals surface area contributed by atoms with E-state index >= 15 is 0 Å². The van der Waals surface area contributed by atoms with Crippen molar-refractivity contribution in [2.75, 3.05) is 0 Å². The summed E-state index contributed by atoms with van der Waals surface area (Å²) in [5.74, 6) is 0. The van der Waals surface area contributed by atoms with E-state index in [-0.39, 0.29) is 0 Å². The highest BCUT2D eigenvalue weighted by molar-refractivity contribution is 7.26. The number of benzene rings is 6. The number of hydrogen-bond donors (Lipinski definition) is 0. The molecule has 8 rings (SSSR count). The lowest BCUT2D eigenvalue weighted by Gasteiger charge is -2.14. The Labute approximate surface area is 239 Å². The summed E-state index contributed by atoms with van der Waals surface area (Å²) in [6.45, 7) is 0. The molecule has 1 nitrogen and oxygen atoms in total. The molecule has 0 saturated heterocycles. The van der Waals surface area contributed by atoms with Crippen LogP contribution in [0.15, 0.2) is 127 Å². The molecule has 0 saturated carbocycles. The lowest BCUT2D eigenvalue weighted by Crippen LogP contribution is -1.89. The number of nitrogens with zero attached hydrogens (tertiary/aromatic N) is 1. The van der Waals surface area contributed by atoms with Gasteiger partial charge in [-0.3, -0.25) is 0 Å². The highest BCUT2D eigenvalue weighted by Crippen LogP contribution is 2.44. The van der Waals surface area contributed by atoms with Crippen LogP contribution in [-0.2, 0) is 0 Å². The topological polar surface area (TPSA) is 23.8 Å². The van der Waals surface area contributed by atoms with Crippen molar-refractivity contribution in [2.45, 2.75) is 0 Å². The van der Waals surface area contributed by atoms with Gasteiger partial charge in [0.05, 0.1) is 11.6 Å². The molecule has 0 amide bonds. The van der Waals surface area contributed by atoms with Gasteiger partial charge in [0.15, 0.2) is 0 Å². The van der Waals surface area contributed by atoms with Gasteiger partial charge in [-0.15, -0.1) is 22.7 Å². The van der Waals surface area contributed by atoms with Crippen LogP contribution >= 0.6 is 22.7 Å². The van der Waals surface area contributed by atoms with Crippen molar-refractivity contribution in [3.63, 3.8) is 0 Å². The third-order valence-electron chi connectivity index (χ3n) is 7.73. The summed E-state index contributed by atoms with van der Waals surface area (Å²) in [5.41, 5.74) is 7.63. The first kappa shape index (κ1) is 23.2. The number of thiophene rings is 2. The summed E-state index contributed by atoms with van der Waals surface area (Å²) in [7, 11) is 0. The van der Waals surface area contributed by atoms with Crippen molar-refractivity contribution in [2.24, 2.45) is 0 Å². The van der Waals surface area contributed by atoms with E-state index in [1.807, 2.05) is 40.9 Å². The van der Waals surface area contributed by atoms with Crippen LogP contribution in [0.4, 0.5) is 0 Å². The smallest absolute Gasteiger partial charge is 0.0991 e. The molecule has 6 aromatic carbocycles. The maximum Gasteiger partial charge on any atom is 0.0991 e. The fraction of sp³-hybridized carbons (Fsp3) is 0. The molecule has 0 radical (unpaired) electrons. The predicted octanol–water partition coefficient (Wildman–Crippen LogP) is 11.3. The lowest BCUT2D eigenvalue weighted by atomic mass is 9.90. The van der Waals surface area contributed by atoms with E-state index in [2.05, 4.69) is 115 Å². The molecule has 0 atom stereocenters. The maximum absolute atomic E-state index is 9.66. The van der Waals surface area contributed by atoms with Crippen LogP contribution in [0.5, 0.6) is 0 Å². The summed E-state index contributed by atoms with van der Waals surface area (Å²) in [6, 6.07) is 47.8. The third kappa shape index (κ3) is 3.66. The van der Waals surface area contributed by atoms with Crippen molar-refractivity contribution in [3.8, 4) is 39.4 Å². The van der Waals surface area contributed by atoms with Crippen LogP contribution < -0.4 is 0 Å². The molecule has 0 unspecified atom stereocenters. The SMILES string of the molecule is N#Cc1cccc(-c2cc(-c3ccc4c(c3)sc3ccccc34)ccc2-c2cccc3c2sc2ccccc23)c1. The monoisotopic (exact) mass is 543 g/mol. The van der Waals surface area contributed by atoms with Crippen LogP contribution in [0.1, 0.15) is 5.56 Å². The minimum Gasteiger partial charge on any atom is -0.192 e. The van der Waals surface area contributed by atoms with Gasteiger partial charge in [0, 0.05) is 45.9 Å². The predicted molar refractivity (Wildman–Crippen MR) is 173 cm³/mol. The van der Waals surface area contributed by atoms with E-state index in [4.69, 9.17) is 0 Å². The van der Waals surface area contributed by atoms with Gasteiger partial charge < -0.3 is 0 Å². The van der Waals surface area contributed by atoms with E-state index in [0.717, 1.165) is 11.1 Å². The molecule has 186 valence electrons. The standard InChI is InChI=1S/C37H21NS2/c38-22-23-7-5-8-26(19-23)33-20-24(25-16-18-30-28-9-1-3-13-34(28)39-36(30)21-25)15-17-27(33)31-11-6-12-32-29-10-2-4-14-35(29)40-37(31)32/h1-21H. The van der Waals surface area contributed by atoms with Crippen LogP contribution in [-0.4, -0.2) is 0 Å². The van der Waals surface area contributed by atoms with E-state index in [1.54, 1.807) is 0 Å². The zero-order valence-corrected chi connectivity index (χ0v) is 23.0. The second-order valence-corrected chi connectivity index (χ2v) is 12.2. The van der Waals surface area contributed by atoms with Gasteiger partial charge in [-0.1, -0.05) is 91.0 Å². The van der Waals surface area contributed by atoms with Gasteiger partial charge in [-0.2, -0.15) is 5.26 Å². The second kappa shape index (κ2) is 9.17. The van der Waals surface area contributed by atoms with E-state index < -0.39 is 0 Å². The van der Waals surface area contributed by atoms with Gasteiger partial charge in [0.2, 0.25) is 0 Å². The molecule has 0 aliphatic rings. The van der Waals surface area contributed by atoms with Crippen molar-refractivity contribution in [1.29, 1.82) is 5.26 Å². The highest BCUT2D eigenvalue weighted by atomic mass is 32.1. The Morgan fingerprint density at radius 2 is 1.10 bits per heavy atom. The normalized spacial score (nSPS) is 11.5. The molecule has 3 heteroatoms. The van der Waals surface area contributed by atoms with E-state index in [0.29, 0.717) is 5.56 Å². The molecule has 0 aliphatic carbocycles. The molecule has 2 heterocycles. The molecular formula is C37H21NS2. The quantitative estimate of drug-likeness (QED) is 0.217. The Hall–Kier alpha value is -4.75. The number of hydrogen-bond acceptors (Lipinski definition) is 3. The number of nitriles is 1. The van der Waals surface area contributed by atoms with Gasteiger partial charge >= 0.3 is 0 Å². The molecular weight excluding hydrogens is 523 g/mol. The lowest BCUT2D eigenvalue weighted by molar-refractivity contribution is 1.48. The van der Waals surface area contributed by atoms with Gasteiger partial charge in [-0.05, 0) is 64.2 Å². The molecule has 0 bridgehead atoms. The molecule has 0 N–H and O–H groups in total. The largest absolute Gasteiger partial charge is 0.192 e. The first-order valence-electron chi connectivity index (χ1n) is 13.2. The Balaban J connectivity index is 1.36. The number of fused-ring (bicyclic) bond motifs is 6. The zero-order chi connectivity index (χ0) is 26.6. The minimum absolute atomic E-state index is 0.667. The summed E-state index contributed by atoms with van der Waals surface area (Å²) in [4.78, 5) is 0. The second-order valence-electron chi connectivity index (χ2n) is 10.0. The highest BCUT2D eigenvalue weighted by Gasteiger charge is 2.16. The third-order valence-corrected chi connectivity index (χ3v) is 10.1. The average Bonchev–Trinajstić information content (AvgIpc) is 3.59. The van der Waals surface area contributed by atoms with Crippen LogP contribution in [0.25, 0.3) is 73.7 Å². The maximum atomic E-state index is 9.66. The summed E-state index contributed by atoms with van der Waals surface area (Å²) in [5, 5.41) is 14.9. The van der Waals surface area contributed by atoms with Gasteiger partial charge in [0.1, 0.15) is 0 Å². The van der Waals surface area contributed by atoms with Crippen molar-refractivity contribution < 1.29 is 0 Å². The fourth-order valence-electron chi connectivity index (χ4n) is 5.82. The van der Waals surface area contributed by atoms with Crippen LogP contribution in [0.2, 0.25) is 0 Å². The van der Waals surface area contributed by atoms with Crippen molar-refractivity contribution >= 4 is 63.0 Å². The molecule has 0 fully saturated rings. The number of rotatable bonds is 3. The summed E-state index contributed by atoms with van der Waals surface area (Å²) >= 11 is 3.69. The van der Waals surface area contributed by atoms with Gasteiger partial charge in [0.25, 0.3) is 0 Å². The Morgan fingerprint density at radius 3 is 1.95 bits per heavy atom. The van der Waals surface area contributed by atoms with E-state index in [9.17, 15) is 5.26 Å². The Morgan fingerprint density at radius 1 is 0.425 bits per heavy atom.